The molecular formula is C46H48N6. The van der Waals surface area contributed by atoms with Crippen molar-refractivity contribution < 1.29 is 0 Å². The van der Waals surface area contributed by atoms with Crippen molar-refractivity contribution in [2.24, 2.45) is 0 Å². The zero-order valence-corrected chi connectivity index (χ0v) is 30.7. The van der Waals surface area contributed by atoms with E-state index in [1.54, 1.807) is 0 Å². The van der Waals surface area contributed by atoms with Gasteiger partial charge in [0.2, 0.25) is 0 Å². The summed E-state index contributed by atoms with van der Waals surface area (Å²) < 4.78 is 5.18. The Morgan fingerprint density at radius 2 is 0.942 bits per heavy atom. The first-order chi connectivity index (χ1) is 25.6. The van der Waals surface area contributed by atoms with Gasteiger partial charge in [0.1, 0.15) is 6.17 Å². The van der Waals surface area contributed by atoms with Gasteiger partial charge in [0.05, 0.1) is 33.5 Å². The van der Waals surface area contributed by atoms with Crippen LogP contribution in [0.4, 0.5) is 0 Å². The molecule has 8 rings (SSSR count). The number of aryl methyl sites for hydroxylation is 2. The largest absolute Gasteiger partial charge is 0.317 e. The zero-order chi connectivity index (χ0) is 35.4. The topological polar surface area (TPSA) is 61.4 Å². The lowest BCUT2D eigenvalue weighted by Gasteiger charge is -2.27. The van der Waals surface area contributed by atoms with Crippen LogP contribution in [-0.4, -0.2) is 29.1 Å². The second-order valence-electron chi connectivity index (χ2n) is 14.4. The van der Waals surface area contributed by atoms with Crippen molar-refractivity contribution in [3.05, 3.63) is 121 Å². The van der Waals surface area contributed by atoms with Gasteiger partial charge in [-0.25, -0.2) is 0 Å². The summed E-state index contributed by atoms with van der Waals surface area (Å²) in [6.07, 6.45) is 20.4. The number of unbranched alkanes of at least 4 members (excludes halogenated alkanes) is 8. The molecule has 0 aliphatic rings. The molecule has 0 amide bonds. The van der Waals surface area contributed by atoms with Crippen LogP contribution < -0.4 is 0 Å². The summed E-state index contributed by atoms with van der Waals surface area (Å²) in [6.45, 7) is 6.36. The van der Waals surface area contributed by atoms with Crippen LogP contribution in [0.3, 0.4) is 0 Å². The quantitative estimate of drug-likeness (QED) is 0.107. The number of para-hydroxylation sites is 2. The Morgan fingerprint density at radius 1 is 0.481 bits per heavy atom. The predicted molar refractivity (Wildman–Crippen MR) is 217 cm³/mol. The smallest absolute Gasteiger partial charge is 0.111 e. The second kappa shape index (κ2) is 15.1. The van der Waals surface area contributed by atoms with E-state index >= 15 is 0 Å². The highest BCUT2D eigenvalue weighted by Crippen LogP contribution is 2.43. The standard InChI is InChI=1S/C46H48N6/c1-4-5-6-7-8-9-10-11-12-21-42(51-40-19-15-13-17-36(40)38-26-28-47-43(45(38)51)34-24-22-32(2)49-30-34)52-41-20-16-14-18-37(41)39-27-29-48-44(46(39)52)35-25-23-33(3)50-31-35/h13-20,22-31,42H,4-12,21H2,1-3H3. The Bertz CT molecular complexity index is 2290. The molecule has 0 bridgehead atoms. The lowest BCUT2D eigenvalue weighted by molar-refractivity contribution is 0.418. The fraction of sp³-hybridized carbons (Fsp3) is 0.304. The Hall–Kier alpha value is -5.36. The van der Waals surface area contributed by atoms with Crippen molar-refractivity contribution in [3.63, 3.8) is 0 Å². The van der Waals surface area contributed by atoms with Crippen LogP contribution in [-0.2, 0) is 0 Å². The molecular weight excluding hydrogens is 637 g/mol. The van der Waals surface area contributed by atoms with Gasteiger partial charge in [-0.15, -0.1) is 0 Å². The molecule has 6 nitrogen and oxygen atoms in total. The number of nitrogens with zero attached hydrogens (tertiary/aromatic N) is 6. The van der Waals surface area contributed by atoms with Crippen LogP contribution in [0.15, 0.2) is 110 Å². The number of hydrogen-bond acceptors (Lipinski definition) is 4. The van der Waals surface area contributed by atoms with Crippen molar-refractivity contribution >= 4 is 43.6 Å². The summed E-state index contributed by atoms with van der Waals surface area (Å²) in [5, 5.41) is 4.89. The van der Waals surface area contributed by atoms with E-state index in [1.165, 1.54) is 83.9 Å². The molecule has 0 spiro atoms. The summed E-state index contributed by atoms with van der Waals surface area (Å²) in [5.41, 5.74) is 10.7. The van der Waals surface area contributed by atoms with Gasteiger partial charge >= 0.3 is 0 Å². The normalized spacial score (nSPS) is 11.9. The summed E-state index contributed by atoms with van der Waals surface area (Å²) in [6, 6.07) is 30.6. The van der Waals surface area contributed by atoms with Crippen molar-refractivity contribution in [2.75, 3.05) is 0 Å². The van der Waals surface area contributed by atoms with Crippen LogP contribution in [0.1, 0.15) is 88.7 Å². The predicted octanol–water partition coefficient (Wildman–Crippen LogP) is 12.4. The molecule has 0 saturated heterocycles. The highest BCUT2D eigenvalue weighted by atomic mass is 15.2. The monoisotopic (exact) mass is 684 g/mol. The molecule has 2 aromatic carbocycles. The molecule has 6 aromatic heterocycles. The second-order valence-corrected chi connectivity index (χ2v) is 14.4. The lowest BCUT2D eigenvalue weighted by atomic mass is 10.1. The van der Waals surface area contributed by atoms with Crippen molar-refractivity contribution in [2.45, 2.75) is 91.1 Å². The first-order valence-corrected chi connectivity index (χ1v) is 19.3. The van der Waals surface area contributed by atoms with Crippen molar-refractivity contribution in [1.82, 2.24) is 29.1 Å². The summed E-state index contributed by atoms with van der Waals surface area (Å²) in [4.78, 5) is 19.6. The van der Waals surface area contributed by atoms with Gasteiger partial charge < -0.3 is 9.13 Å². The highest BCUT2D eigenvalue weighted by Gasteiger charge is 2.27. The maximum Gasteiger partial charge on any atom is 0.111 e. The molecule has 0 aliphatic carbocycles. The van der Waals surface area contributed by atoms with Crippen LogP contribution in [0.5, 0.6) is 0 Å². The van der Waals surface area contributed by atoms with Gasteiger partial charge in [-0.05, 0) is 75.2 Å². The molecule has 0 aliphatic heterocycles. The van der Waals surface area contributed by atoms with E-state index in [-0.39, 0.29) is 6.17 Å². The highest BCUT2D eigenvalue weighted by molar-refractivity contribution is 6.13. The average molecular weight is 685 g/mol. The third kappa shape index (κ3) is 6.36. The molecule has 0 atom stereocenters. The van der Waals surface area contributed by atoms with Gasteiger partial charge in [0, 0.05) is 68.8 Å². The van der Waals surface area contributed by atoms with E-state index in [1.807, 2.05) is 38.6 Å². The minimum Gasteiger partial charge on any atom is -0.317 e. The van der Waals surface area contributed by atoms with Gasteiger partial charge in [-0.2, -0.15) is 0 Å². The Kier molecular flexibility index (Phi) is 9.80. The molecule has 262 valence electrons. The minimum atomic E-state index is -0.0444. The Morgan fingerprint density at radius 3 is 1.40 bits per heavy atom. The average Bonchev–Trinajstić information content (AvgIpc) is 3.70. The maximum atomic E-state index is 5.09. The van der Waals surface area contributed by atoms with E-state index in [2.05, 4.69) is 101 Å². The first kappa shape index (κ1) is 33.8. The van der Waals surface area contributed by atoms with Crippen LogP contribution in [0.25, 0.3) is 66.1 Å². The minimum absolute atomic E-state index is 0.0444. The molecule has 0 N–H and O–H groups in total. The fourth-order valence-electron chi connectivity index (χ4n) is 8.16. The SMILES string of the molecule is CCCCCCCCCCCC(n1c2ccccc2c2ccnc(-c3ccc(C)nc3)c21)n1c2ccccc2c2ccnc(-c3ccc(C)nc3)c21. The molecule has 0 fully saturated rings. The molecule has 6 heteroatoms. The first-order valence-electron chi connectivity index (χ1n) is 19.3. The van der Waals surface area contributed by atoms with Gasteiger partial charge in [-0.3, -0.25) is 19.9 Å². The van der Waals surface area contributed by atoms with Gasteiger partial charge in [0.25, 0.3) is 0 Å². The number of fused-ring (bicyclic) bond motifs is 6. The van der Waals surface area contributed by atoms with Crippen molar-refractivity contribution in [3.8, 4) is 22.5 Å². The van der Waals surface area contributed by atoms with E-state index in [9.17, 15) is 0 Å². The lowest BCUT2D eigenvalue weighted by Crippen LogP contribution is -2.19. The number of rotatable bonds is 14. The number of pyridine rings is 4. The summed E-state index contributed by atoms with van der Waals surface area (Å²) in [7, 11) is 0. The molecule has 0 radical (unpaired) electrons. The zero-order valence-electron chi connectivity index (χ0n) is 30.7. The van der Waals surface area contributed by atoms with E-state index in [0.717, 1.165) is 57.8 Å². The summed E-state index contributed by atoms with van der Waals surface area (Å²) in [5.74, 6) is 0. The van der Waals surface area contributed by atoms with Gasteiger partial charge in [0.15, 0.2) is 0 Å². The molecule has 52 heavy (non-hydrogen) atoms. The van der Waals surface area contributed by atoms with Crippen LogP contribution >= 0.6 is 0 Å². The van der Waals surface area contributed by atoms with E-state index in [4.69, 9.17) is 19.9 Å². The van der Waals surface area contributed by atoms with Crippen LogP contribution in [0, 0.1) is 13.8 Å². The Balaban J connectivity index is 1.36. The number of aromatic nitrogens is 6. The molecule has 8 aromatic rings. The molecule has 6 heterocycles. The third-order valence-electron chi connectivity index (χ3n) is 10.8. The Labute approximate surface area is 306 Å². The van der Waals surface area contributed by atoms with E-state index < -0.39 is 0 Å². The number of hydrogen-bond donors (Lipinski definition) is 0. The van der Waals surface area contributed by atoms with E-state index in [0.29, 0.717) is 0 Å². The molecule has 0 saturated carbocycles. The van der Waals surface area contributed by atoms with Gasteiger partial charge in [-0.1, -0.05) is 94.7 Å². The number of benzene rings is 2. The maximum absolute atomic E-state index is 5.09. The summed E-state index contributed by atoms with van der Waals surface area (Å²) >= 11 is 0. The van der Waals surface area contributed by atoms with Crippen molar-refractivity contribution in [1.29, 1.82) is 0 Å². The fourth-order valence-corrected chi connectivity index (χ4v) is 8.16. The third-order valence-corrected chi connectivity index (χ3v) is 10.8. The van der Waals surface area contributed by atoms with Crippen LogP contribution in [0.2, 0.25) is 0 Å². The molecule has 0 unspecified atom stereocenters.